The van der Waals surface area contributed by atoms with Crippen molar-refractivity contribution < 1.29 is 8.42 Å². The van der Waals surface area contributed by atoms with Crippen molar-refractivity contribution >= 4 is 10.0 Å². The van der Waals surface area contributed by atoms with Crippen LogP contribution in [0.2, 0.25) is 0 Å². The van der Waals surface area contributed by atoms with Crippen molar-refractivity contribution in [2.75, 3.05) is 13.6 Å². The normalized spacial score (nSPS) is 13.6. The van der Waals surface area contributed by atoms with Crippen molar-refractivity contribution in [1.29, 1.82) is 0 Å². The average Bonchev–Trinajstić information content (AvgIpc) is 2.47. The second-order valence-electron chi connectivity index (χ2n) is 5.54. The van der Waals surface area contributed by atoms with Crippen LogP contribution in [-0.2, 0) is 16.6 Å². The number of benzene rings is 1. The van der Waals surface area contributed by atoms with E-state index in [0.717, 1.165) is 30.5 Å². The van der Waals surface area contributed by atoms with Gasteiger partial charge in [0.05, 0.1) is 4.90 Å². The van der Waals surface area contributed by atoms with Crippen molar-refractivity contribution in [3.05, 3.63) is 29.3 Å². The van der Waals surface area contributed by atoms with Crippen LogP contribution < -0.4 is 5.32 Å². The van der Waals surface area contributed by atoms with Gasteiger partial charge in [0.25, 0.3) is 0 Å². The zero-order chi connectivity index (χ0) is 16.0. The molecule has 0 heterocycles. The van der Waals surface area contributed by atoms with Crippen LogP contribution in [0.4, 0.5) is 0 Å². The van der Waals surface area contributed by atoms with E-state index < -0.39 is 10.0 Å². The number of sulfonamides is 1. The van der Waals surface area contributed by atoms with Gasteiger partial charge in [0.2, 0.25) is 10.0 Å². The van der Waals surface area contributed by atoms with E-state index in [4.69, 9.17) is 0 Å². The molecule has 0 bridgehead atoms. The van der Waals surface area contributed by atoms with E-state index in [1.165, 1.54) is 4.31 Å². The molecular weight excluding hydrogens is 284 g/mol. The van der Waals surface area contributed by atoms with Gasteiger partial charge >= 0.3 is 0 Å². The van der Waals surface area contributed by atoms with E-state index in [1.54, 1.807) is 19.2 Å². The Balaban J connectivity index is 3.05. The number of hydrogen-bond acceptors (Lipinski definition) is 3. The first-order valence-electron chi connectivity index (χ1n) is 7.62. The first kappa shape index (κ1) is 18.1. The predicted octanol–water partition coefficient (Wildman–Crippen LogP) is 2.91. The molecule has 0 fully saturated rings. The quantitative estimate of drug-likeness (QED) is 0.751. The number of nitrogens with zero attached hydrogens (tertiary/aromatic N) is 1. The third-order valence-corrected chi connectivity index (χ3v) is 5.92. The lowest BCUT2D eigenvalue weighted by Gasteiger charge is -2.23. The summed E-state index contributed by atoms with van der Waals surface area (Å²) in [5, 5.41) is 3.33. The third-order valence-electron chi connectivity index (χ3n) is 3.95. The van der Waals surface area contributed by atoms with Gasteiger partial charge < -0.3 is 5.32 Å². The molecule has 1 rings (SSSR count). The van der Waals surface area contributed by atoms with E-state index >= 15 is 0 Å². The summed E-state index contributed by atoms with van der Waals surface area (Å²) in [4.78, 5) is 0.379. The maximum Gasteiger partial charge on any atom is 0.243 e. The fourth-order valence-corrected chi connectivity index (χ4v) is 3.55. The van der Waals surface area contributed by atoms with E-state index in [-0.39, 0.29) is 6.04 Å². The molecule has 0 aliphatic rings. The topological polar surface area (TPSA) is 49.4 Å². The van der Waals surface area contributed by atoms with Gasteiger partial charge in [-0.3, -0.25) is 0 Å². The highest BCUT2D eigenvalue weighted by Gasteiger charge is 2.24. The monoisotopic (exact) mass is 312 g/mol. The van der Waals surface area contributed by atoms with Crippen LogP contribution in [0.15, 0.2) is 23.1 Å². The molecule has 4 nitrogen and oxygen atoms in total. The molecule has 0 aromatic heterocycles. The first-order chi connectivity index (χ1) is 9.84. The molecule has 1 N–H and O–H groups in total. The predicted molar refractivity (Wildman–Crippen MR) is 87.9 cm³/mol. The van der Waals surface area contributed by atoms with E-state index in [9.17, 15) is 8.42 Å². The van der Waals surface area contributed by atoms with Crippen molar-refractivity contribution in [3.8, 4) is 0 Å². The van der Waals surface area contributed by atoms with Crippen molar-refractivity contribution in [2.45, 2.75) is 58.0 Å². The Morgan fingerprint density at radius 2 is 1.95 bits per heavy atom. The van der Waals surface area contributed by atoms with Gasteiger partial charge in [0, 0.05) is 19.6 Å². The Morgan fingerprint density at radius 3 is 2.52 bits per heavy atom. The zero-order valence-electron chi connectivity index (χ0n) is 13.8. The van der Waals surface area contributed by atoms with Crippen LogP contribution in [0.5, 0.6) is 0 Å². The van der Waals surface area contributed by atoms with Gasteiger partial charge in [-0.25, -0.2) is 8.42 Å². The maximum absolute atomic E-state index is 12.6. The molecule has 0 amide bonds. The molecule has 0 aliphatic carbocycles. The van der Waals surface area contributed by atoms with E-state index in [1.807, 2.05) is 26.8 Å². The number of nitrogens with one attached hydrogen (secondary N) is 1. The smallest absolute Gasteiger partial charge is 0.243 e. The standard InChI is InChI=1S/C16H28N2O2S/c1-6-10-17-12-15-11-16(9-8-13(15)3)21(19,20)18(5)14(4)7-2/h8-9,11,14,17H,6-7,10,12H2,1-5H3. The maximum atomic E-state index is 12.6. The van der Waals surface area contributed by atoms with Crippen LogP contribution in [0, 0.1) is 6.92 Å². The van der Waals surface area contributed by atoms with E-state index in [0.29, 0.717) is 11.4 Å². The average molecular weight is 312 g/mol. The lowest BCUT2D eigenvalue weighted by molar-refractivity contribution is 0.380. The summed E-state index contributed by atoms with van der Waals surface area (Å²) in [7, 11) is -1.76. The fourth-order valence-electron chi connectivity index (χ4n) is 2.06. The highest BCUT2D eigenvalue weighted by molar-refractivity contribution is 7.89. The van der Waals surface area contributed by atoms with Gasteiger partial charge in [-0.15, -0.1) is 0 Å². The van der Waals surface area contributed by atoms with Crippen molar-refractivity contribution in [1.82, 2.24) is 9.62 Å². The summed E-state index contributed by atoms with van der Waals surface area (Å²) in [6.07, 6.45) is 1.86. The van der Waals surface area contributed by atoms with Gasteiger partial charge in [0.15, 0.2) is 0 Å². The minimum Gasteiger partial charge on any atom is -0.313 e. The molecule has 5 heteroatoms. The summed E-state index contributed by atoms with van der Waals surface area (Å²) < 4.78 is 26.7. The van der Waals surface area contributed by atoms with Gasteiger partial charge in [-0.1, -0.05) is 19.9 Å². The van der Waals surface area contributed by atoms with Gasteiger partial charge in [-0.2, -0.15) is 4.31 Å². The highest BCUT2D eigenvalue weighted by Crippen LogP contribution is 2.21. The van der Waals surface area contributed by atoms with Crippen molar-refractivity contribution in [3.63, 3.8) is 0 Å². The summed E-state index contributed by atoms with van der Waals surface area (Å²) >= 11 is 0. The molecule has 1 aromatic carbocycles. The Bertz CT molecular complexity index is 555. The molecule has 120 valence electrons. The van der Waals surface area contributed by atoms with Crippen LogP contribution in [-0.4, -0.2) is 32.4 Å². The van der Waals surface area contributed by atoms with E-state index in [2.05, 4.69) is 12.2 Å². The summed E-state index contributed by atoms with van der Waals surface area (Å²) in [6, 6.07) is 5.39. The number of aryl methyl sites for hydroxylation is 1. The van der Waals surface area contributed by atoms with Crippen molar-refractivity contribution in [2.24, 2.45) is 0 Å². The minimum absolute atomic E-state index is 0.00188. The Kier molecular flexibility index (Phi) is 6.84. The second kappa shape index (κ2) is 7.92. The lowest BCUT2D eigenvalue weighted by atomic mass is 10.1. The number of rotatable bonds is 8. The third kappa shape index (κ3) is 4.53. The molecule has 1 aromatic rings. The van der Waals surface area contributed by atoms with Gasteiger partial charge in [0.1, 0.15) is 0 Å². The molecule has 1 unspecified atom stereocenters. The largest absolute Gasteiger partial charge is 0.313 e. The zero-order valence-corrected chi connectivity index (χ0v) is 14.6. The summed E-state index contributed by atoms with van der Waals surface area (Å²) in [5.74, 6) is 0. The summed E-state index contributed by atoms with van der Waals surface area (Å²) in [5.41, 5.74) is 2.16. The summed E-state index contributed by atoms with van der Waals surface area (Å²) in [6.45, 7) is 9.68. The SMILES string of the molecule is CCCNCc1cc(S(=O)(=O)N(C)C(C)CC)ccc1C. The molecule has 0 spiro atoms. The minimum atomic E-state index is -3.41. The fraction of sp³-hybridized carbons (Fsp3) is 0.625. The Hall–Kier alpha value is -0.910. The van der Waals surface area contributed by atoms with Crippen LogP contribution >= 0.6 is 0 Å². The molecule has 21 heavy (non-hydrogen) atoms. The molecule has 1 atom stereocenters. The Morgan fingerprint density at radius 1 is 1.29 bits per heavy atom. The molecule has 0 saturated carbocycles. The molecule has 0 radical (unpaired) electrons. The molecular formula is C16H28N2O2S. The molecule has 0 saturated heterocycles. The van der Waals surface area contributed by atoms with Crippen LogP contribution in [0.3, 0.4) is 0 Å². The second-order valence-corrected chi connectivity index (χ2v) is 7.54. The first-order valence-corrected chi connectivity index (χ1v) is 9.06. The van der Waals surface area contributed by atoms with Gasteiger partial charge in [-0.05, 0) is 56.5 Å². The van der Waals surface area contributed by atoms with Crippen LogP contribution in [0.1, 0.15) is 44.7 Å². The Labute approximate surface area is 129 Å². The molecule has 0 aliphatic heterocycles. The van der Waals surface area contributed by atoms with Crippen LogP contribution in [0.25, 0.3) is 0 Å². The highest BCUT2D eigenvalue weighted by atomic mass is 32.2. The number of hydrogen-bond donors (Lipinski definition) is 1. The lowest BCUT2D eigenvalue weighted by Crippen LogP contribution is -2.34.